The molecule has 0 aliphatic heterocycles. The summed E-state index contributed by atoms with van der Waals surface area (Å²) in [7, 11) is 1.09. The van der Waals surface area contributed by atoms with E-state index in [9.17, 15) is 4.79 Å². The second-order valence-corrected chi connectivity index (χ2v) is 13.8. The molecule has 4 heteroatoms. The minimum Gasteiger partial charge on any atom is -0.462 e. The zero-order valence-electron chi connectivity index (χ0n) is 15.8. The molecule has 0 aliphatic rings. The third-order valence-electron chi connectivity index (χ3n) is 4.01. The maximum absolute atomic E-state index is 12.1. The number of benzene rings is 1. The molecule has 0 fully saturated rings. The monoisotopic (exact) mass is 356 g/mol. The van der Waals surface area contributed by atoms with E-state index in [1.54, 1.807) is 0 Å². The Balaban J connectivity index is 3.26. The molecule has 1 aromatic carbocycles. The van der Waals surface area contributed by atoms with Gasteiger partial charge in [0.2, 0.25) is 0 Å². The Labute approximate surface area is 147 Å². The van der Waals surface area contributed by atoms with Crippen LogP contribution in [-0.4, -0.2) is 28.3 Å². The average molecular weight is 357 g/mol. The molecule has 0 atom stereocenters. The van der Waals surface area contributed by atoms with E-state index >= 15 is 0 Å². The van der Waals surface area contributed by atoms with Crippen molar-refractivity contribution in [2.24, 2.45) is 0 Å². The molecule has 0 N–H and O–H groups in total. The van der Waals surface area contributed by atoms with Gasteiger partial charge in [-0.05, 0) is 53.4 Å². The molecule has 0 bridgehead atoms. The third-order valence-corrected chi connectivity index (χ3v) is 14.1. The summed E-state index contributed by atoms with van der Waals surface area (Å²) in [4.78, 5) is 13.3. The van der Waals surface area contributed by atoms with Gasteiger partial charge in [0.15, 0.2) is 0 Å². The fraction of sp³-hybridized carbons (Fsp3) is 0.632. The molecule has 1 rings (SSSR count). The summed E-state index contributed by atoms with van der Waals surface area (Å²) in [6, 6.07) is 6.12. The van der Waals surface area contributed by atoms with E-state index in [4.69, 9.17) is 4.74 Å². The molecule has 0 radical (unpaired) electrons. The van der Waals surface area contributed by atoms with Crippen LogP contribution in [-0.2, 0) is 4.74 Å². The lowest BCUT2D eigenvalue weighted by atomic mass is 10.1. The SMILES string of the molecule is CCOC(=O)c1cc(C)cc(SS(C(C)C)(C(C)C)C(C)C)c1. The van der Waals surface area contributed by atoms with Gasteiger partial charge in [-0.3, -0.25) is 0 Å². The smallest absolute Gasteiger partial charge is 0.338 e. The molecule has 1 aromatic rings. The maximum atomic E-state index is 12.1. The first kappa shape index (κ1) is 20.4. The van der Waals surface area contributed by atoms with Gasteiger partial charge >= 0.3 is 5.97 Å². The molecular weight excluding hydrogens is 324 g/mol. The number of hydrogen-bond donors (Lipinski definition) is 0. The fourth-order valence-corrected chi connectivity index (χ4v) is 10.8. The van der Waals surface area contributed by atoms with Crippen LogP contribution in [0, 0.1) is 6.92 Å². The Morgan fingerprint density at radius 3 is 2.00 bits per heavy atom. The molecule has 0 amide bonds. The van der Waals surface area contributed by atoms with Crippen molar-refractivity contribution in [2.75, 3.05) is 6.61 Å². The lowest BCUT2D eigenvalue weighted by Crippen LogP contribution is -2.25. The molecule has 0 aliphatic carbocycles. The number of hydrogen-bond acceptors (Lipinski definition) is 3. The molecule has 0 unspecified atom stereocenters. The first-order valence-corrected chi connectivity index (χ1v) is 11.6. The average Bonchev–Trinajstić information content (AvgIpc) is 2.43. The second kappa shape index (κ2) is 8.48. The number of esters is 1. The topological polar surface area (TPSA) is 26.3 Å². The van der Waals surface area contributed by atoms with Gasteiger partial charge in [0.25, 0.3) is 0 Å². The van der Waals surface area contributed by atoms with Crippen molar-refractivity contribution in [3.8, 4) is 0 Å². The van der Waals surface area contributed by atoms with E-state index in [-0.39, 0.29) is 5.97 Å². The normalized spacial score (nSPS) is 13.0. The minimum atomic E-state index is -0.906. The fourth-order valence-electron chi connectivity index (χ4n) is 3.22. The van der Waals surface area contributed by atoms with Crippen LogP contribution in [0.1, 0.15) is 64.4 Å². The molecule has 2 nitrogen and oxygen atoms in total. The van der Waals surface area contributed by atoms with E-state index in [0.29, 0.717) is 27.9 Å². The summed E-state index contributed by atoms with van der Waals surface area (Å²) in [5.74, 6) is -0.225. The Hall–Kier alpha value is -0.610. The highest BCUT2D eigenvalue weighted by Crippen LogP contribution is 2.71. The summed E-state index contributed by atoms with van der Waals surface area (Å²) in [5.41, 5.74) is 1.78. The molecule has 0 aromatic heterocycles. The van der Waals surface area contributed by atoms with E-state index in [0.717, 1.165) is 5.56 Å². The zero-order chi connectivity index (χ0) is 17.8. The third kappa shape index (κ3) is 4.69. The predicted molar refractivity (Wildman–Crippen MR) is 106 cm³/mol. The van der Waals surface area contributed by atoms with Gasteiger partial charge in [0.1, 0.15) is 0 Å². The van der Waals surface area contributed by atoms with Crippen LogP contribution < -0.4 is 0 Å². The van der Waals surface area contributed by atoms with Crippen LogP contribution in [0.15, 0.2) is 23.1 Å². The Kier molecular flexibility index (Phi) is 7.53. The highest BCUT2D eigenvalue weighted by atomic mass is 33.2. The number of carbonyl (C=O) groups is 1. The quantitative estimate of drug-likeness (QED) is 0.429. The van der Waals surface area contributed by atoms with Crippen LogP contribution in [0.2, 0.25) is 0 Å². The second-order valence-electron chi connectivity index (χ2n) is 6.68. The van der Waals surface area contributed by atoms with Crippen molar-refractivity contribution in [1.29, 1.82) is 0 Å². The van der Waals surface area contributed by atoms with Gasteiger partial charge < -0.3 is 4.74 Å². The lowest BCUT2D eigenvalue weighted by molar-refractivity contribution is 0.0526. The van der Waals surface area contributed by atoms with Crippen molar-refractivity contribution >= 4 is 25.8 Å². The Bertz CT molecular complexity index is 514. The first-order valence-electron chi connectivity index (χ1n) is 8.43. The van der Waals surface area contributed by atoms with Gasteiger partial charge in [0, 0.05) is 4.90 Å². The minimum absolute atomic E-state index is 0.225. The molecule has 0 saturated carbocycles. The van der Waals surface area contributed by atoms with Crippen molar-refractivity contribution in [3.05, 3.63) is 29.3 Å². The van der Waals surface area contributed by atoms with Crippen LogP contribution in [0.3, 0.4) is 0 Å². The number of carbonyl (C=O) groups excluding carboxylic acids is 1. The summed E-state index contributed by atoms with van der Waals surface area (Å²) in [5, 5.41) is 1.87. The zero-order valence-corrected chi connectivity index (χ0v) is 17.4. The Morgan fingerprint density at radius 1 is 1.04 bits per heavy atom. The van der Waals surface area contributed by atoms with E-state index in [1.807, 2.05) is 36.8 Å². The van der Waals surface area contributed by atoms with Gasteiger partial charge in [-0.2, -0.15) is 9.06 Å². The van der Waals surface area contributed by atoms with Crippen molar-refractivity contribution in [1.82, 2.24) is 0 Å². The molecule has 0 spiro atoms. The molecule has 0 heterocycles. The molecule has 132 valence electrons. The maximum Gasteiger partial charge on any atom is 0.338 e. The number of rotatable bonds is 7. The summed E-state index contributed by atoms with van der Waals surface area (Å²) >= 11 is 0. The van der Waals surface area contributed by atoms with Gasteiger partial charge in [-0.15, -0.1) is 0 Å². The van der Waals surface area contributed by atoms with Crippen LogP contribution in [0.4, 0.5) is 0 Å². The first-order chi connectivity index (χ1) is 10.6. The summed E-state index contributed by atoms with van der Waals surface area (Å²) in [6.45, 7) is 18.3. The predicted octanol–water partition coefficient (Wildman–Crippen LogP) is 6.21. The van der Waals surface area contributed by atoms with E-state index in [2.05, 4.69) is 47.6 Å². The van der Waals surface area contributed by atoms with Gasteiger partial charge in [-0.25, -0.2) is 4.79 Å². The summed E-state index contributed by atoms with van der Waals surface area (Å²) < 4.78 is 5.17. The van der Waals surface area contributed by atoms with Crippen LogP contribution >= 0.6 is 19.9 Å². The van der Waals surface area contributed by atoms with Crippen molar-refractivity contribution < 1.29 is 9.53 Å². The number of aryl methyl sites for hydroxylation is 1. The molecule has 23 heavy (non-hydrogen) atoms. The van der Waals surface area contributed by atoms with Crippen LogP contribution in [0.5, 0.6) is 0 Å². The van der Waals surface area contributed by atoms with E-state index in [1.165, 1.54) is 4.90 Å². The van der Waals surface area contributed by atoms with Crippen molar-refractivity contribution in [2.45, 2.75) is 76.0 Å². The lowest BCUT2D eigenvalue weighted by Gasteiger charge is -2.50. The standard InChI is InChI=1S/C19H32O2S2/c1-9-21-19(20)17-10-16(8)11-18(12-17)22-23(13(2)3,14(4)5)15(6)7/h10-15H,9H2,1-8H3. The largest absolute Gasteiger partial charge is 0.462 e. The highest BCUT2D eigenvalue weighted by molar-refractivity contribution is 8.94. The van der Waals surface area contributed by atoms with Gasteiger partial charge in [0.05, 0.1) is 12.2 Å². The Morgan fingerprint density at radius 2 is 1.57 bits per heavy atom. The summed E-state index contributed by atoms with van der Waals surface area (Å²) in [6.07, 6.45) is 0. The molecule has 0 saturated heterocycles. The van der Waals surface area contributed by atoms with Gasteiger partial charge in [-0.1, -0.05) is 52.3 Å². The van der Waals surface area contributed by atoms with Crippen LogP contribution in [0.25, 0.3) is 0 Å². The number of ether oxygens (including phenoxy) is 1. The van der Waals surface area contributed by atoms with E-state index < -0.39 is 9.06 Å². The highest BCUT2D eigenvalue weighted by Gasteiger charge is 2.36. The molecular formula is C19H32O2S2. The van der Waals surface area contributed by atoms with Crippen molar-refractivity contribution in [3.63, 3.8) is 0 Å².